The Kier molecular flexibility index (Phi) is 4.79. The second-order valence-electron chi connectivity index (χ2n) is 8.59. The largest absolute Gasteiger partial charge is 0.456 e. The number of ether oxygens (including phenoxy) is 1. The van der Waals surface area contributed by atoms with Gasteiger partial charge in [0, 0.05) is 14.1 Å². The fourth-order valence-corrected chi connectivity index (χ4v) is 5.50. The zero-order valence-corrected chi connectivity index (χ0v) is 15.0. The van der Waals surface area contributed by atoms with E-state index < -0.39 is 11.5 Å². The van der Waals surface area contributed by atoms with Gasteiger partial charge < -0.3 is 20.1 Å². The highest BCUT2D eigenvalue weighted by Crippen LogP contribution is 2.62. The monoisotopic (exact) mass is 352 g/mol. The Bertz CT molecular complexity index is 560. The number of hydrogen-bond acceptors (Lipinski definition) is 5. The first-order chi connectivity index (χ1) is 11.7. The molecule has 0 aromatic heterocycles. The Morgan fingerprint density at radius 2 is 1.80 bits per heavy atom. The maximum absolute atomic E-state index is 12.2. The molecular formula is C18H28N2O5. The van der Waals surface area contributed by atoms with Crippen LogP contribution < -0.4 is 5.32 Å². The van der Waals surface area contributed by atoms with Gasteiger partial charge in [0.15, 0.2) is 6.61 Å². The standard InChI is InChI=1S/C18H28N2O5/c1-20(2)15(22)9-19-14(21)10-25-16(23)8-17-4-12-3-13(5-17)7-18(24,6-12)11-17/h12-13,24H,3-11H2,1-2H3,(H,19,21)/t12-,13-,17?,18?/m0/s1. The van der Waals surface area contributed by atoms with E-state index in [0.29, 0.717) is 18.3 Å². The molecule has 4 saturated carbocycles. The van der Waals surface area contributed by atoms with Crippen LogP contribution in [-0.4, -0.2) is 60.6 Å². The molecule has 0 aromatic carbocycles. The van der Waals surface area contributed by atoms with Crippen LogP contribution >= 0.6 is 0 Å². The van der Waals surface area contributed by atoms with Crippen molar-refractivity contribution in [2.24, 2.45) is 17.3 Å². The number of esters is 1. The molecule has 0 unspecified atom stereocenters. The average Bonchev–Trinajstić information content (AvgIpc) is 2.47. The van der Waals surface area contributed by atoms with Gasteiger partial charge >= 0.3 is 5.97 Å². The van der Waals surface area contributed by atoms with Crippen molar-refractivity contribution in [1.29, 1.82) is 0 Å². The minimum Gasteiger partial charge on any atom is -0.456 e. The van der Waals surface area contributed by atoms with Crippen LogP contribution in [0, 0.1) is 17.3 Å². The van der Waals surface area contributed by atoms with Gasteiger partial charge in [0.05, 0.1) is 18.6 Å². The van der Waals surface area contributed by atoms with E-state index in [9.17, 15) is 19.5 Å². The molecule has 0 saturated heterocycles. The van der Waals surface area contributed by atoms with Crippen LogP contribution in [0.1, 0.15) is 44.9 Å². The Balaban J connectivity index is 1.45. The summed E-state index contributed by atoms with van der Waals surface area (Å²) in [6.45, 7) is -0.476. The molecule has 2 atom stereocenters. The van der Waals surface area contributed by atoms with E-state index in [0.717, 1.165) is 25.7 Å². The molecule has 4 rings (SSSR count). The summed E-state index contributed by atoms with van der Waals surface area (Å²) in [5.41, 5.74) is -0.762. The Morgan fingerprint density at radius 1 is 1.16 bits per heavy atom. The van der Waals surface area contributed by atoms with Crippen LogP contribution in [0.2, 0.25) is 0 Å². The predicted octanol–water partition coefficient (Wildman–Crippen LogP) is 0.455. The van der Waals surface area contributed by atoms with Crippen molar-refractivity contribution in [2.75, 3.05) is 27.2 Å². The van der Waals surface area contributed by atoms with Gasteiger partial charge in [-0.3, -0.25) is 14.4 Å². The second-order valence-corrected chi connectivity index (χ2v) is 8.59. The van der Waals surface area contributed by atoms with Crippen LogP contribution in [0.15, 0.2) is 0 Å². The second kappa shape index (κ2) is 6.59. The maximum atomic E-state index is 12.2. The smallest absolute Gasteiger partial charge is 0.306 e. The maximum Gasteiger partial charge on any atom is 0.306 e. The summed E-state index contributed by atoms with van der Waals surface area (Å²) in [4.78, 5) is 36.7. The third-order valence-corrected chi connectivity index (χ3v) is 5.97. The SMILES string of the molecule is CN(C)C(=O)CNC(=O)COC(=O)CC12C[C@@H]3C[C@H](CC(O)(C3)C1)C2. The molecule has 4 aliphatic rings. The molecule has 4 fully saturated rings. The van der Waals surface area contributed by atoms with Crippen molar-refractivity contribution in [3.8, 4) is 0 Å². The van der Waals surface area contributed by atoms with Crippen molar-refractivity contribution < 1.29 is 24.2 Å². The molecule has 4 bridgehead atoms. The van der Waals surface area contributed by atoms with Gasteiger partial charge in [0.2, 0.25) is 5.91 Å². The molecular weight excluding hydrogens is 324 g/mol. The summed E-state index contributed by atoms with van der Waals surface area (Å²) in [6, 6.07) is 0. The zero-order chi connectivity index (χ0) is 18.2. The number of nitrogens with one attached hydrogen (secondary N) is 1. The molecule has 2 N–H and O–H groups in total. The van der Waals surface area contributed by atoms with Crippen molar-refractivity contribution in [1.82, 2.24) is 10.2 Å². The Hall–Kier alpha value is -1.63. The normalized spacial score (nSPS) is 35.3. The van der Waals surface area contributed by atoms with Crippen LogP contribution in [0.25, 0.3) is 0 Å². The quantitative estimate of drug-likeness (QED) is 0.677. The van der Waals surface area contributed by atoms with Gasteiger partial charge in [-0.15, -0.1) is 0 Å². The molecule has 0 aromatic rings. The van der Waals surface area contributed by atoms with Crippen molar-refractivity contribution >= 4 is 17.8 Å². The molecule has 140 valence electrons. The van der Waals surface area contributed by atoms with Crippen molar-refractivity contribution in [2.45, 2.75) is 50.5 Å². The number of amides is 2. The zero-order valence-electron chi connectivity index (χ0n) is 15.0. The summed E-state index contributed by atoms with van der Waals surface area (Å²) >= 11 is 0. The van der Waals surface area contributed by atoms with E-state index in [4.69, 9.17) is 4.74 Å². The minimum atomic E-state index is -0.603. The number of nitrogens with zero attached hydrogens (tertiary/aromatic N) is 1. The molecule has 0 spiro atoms. The van der Waals surface area contributed by atoms with Gasteiger partial charge in [-0.2, -0.15) is 0 Å². The highest BCUT2D eigenvalue weighted by molar-refractivity contribution is 5.86. The predicted molar refractivity (Wildman–Crippen MR) is 89.3 cm³/mol. The summed E-state index contributed by atoms with van der Waals surface area (Å²) in [5.74, 6) is -0.0624. The summed E-state index contributed by atoms with van der Waals surface area (Å²) in [7, 11) is 3.21. The number of carbonyl (C=O) groups excluding carboxylic acids is 3. The first kappa shape index (κ1) is 18.2. The van der Waals surface area contributed by atoms with Gasteiger partial charge in [-0.25, -0.2) is 0 Å². The van der Waals surface area contributed by atoms with Crippen LogP contribution in [0.4, 0.5) is 0 Å². The molecule has 0 aliphatic heterocycles. The van der Waals surface area contributed by atoms with E-state index in [-0.39, 0.29) is 36.9 Å². The van der Waals surface area contributed by atoms with Gasteiger partial charge in [-0.05, 0) is 55.8 Å². The summed E-state index contributed by atoms with van der Waals surface area (Å²) in [6.07, 6.45) is 5.79. The lowest BCUT2D eigenvalue weighted by Crippen LogP contribution is -2.56. The van der Waals surface area contributed by atoms with Crippen molar-refractivity contribution in [3.05, 3.63) is 0 Å². The van der Waals surface area contributed by atoms with E-state index in [1.165, 1.54) is 11.3 Å². The Morgan fingerprint density at radius 3 is 2.36 bits per heavy atom. The van der Waals surface area contributed by atoms with E-state index >= 15 is 0 Å². The lowest BCUT2D eigenvalue weighted by Gasteiger charge is -2.60. The third kappa shape index (κ3) is 4.14. The fraction of sp³-hybridized carbons (Fsp3) is 0.833. The molecule has 7 heteroatoms. The molecule has 4 aliphatic carbocycles. The van der Waals surface area contributed by atoms with E-state index in [1.807, 2.05) is 0 Å². The van der Waals surface area contributed by atoms with E-state index in [1.54, 1.807) is 14.1 Å². The number of aliphatic hydroxyl groups is 1. The topological polar surface area (TPSA) is 95.9 Å². The summed E-state index contributed by atoms with van der Waals surface area (Å²) in [5, 5.41) is 13.2. The molecule has 2 amide bonds. The Labute approximate surface area is 148 Å². The first-order valence-corrected chi connectivity index (χ1v) is 9.04. The van der Waals surface area contributed by atoms with Crippen LogP contribution in [0.5, 0.6) is 0 Å². The highest BCUT2D eigenvalue weighted by atomic mass is 16.5. The van der Waals surface area contributed by atoms with Gasteiger partial charge in [-0.1, -0.05) is 0 Å². The van der Waals surface area contributed by atoms with E-state index in [2.05, 4.69) is 5.32 Å². The highest BCUT2D eigenvalue weighted by Gasteiger charge is 2.57. The number of carbonyl (C=O) groups is 3. The van der Waals surface area contributed by atoms with Crippen LogP contribution in [0.3, 0.4) is 0 Å². The number of rotatable bonds is 6. The number of likely N-dealkylation sites (N-methyl/N-ethyl adjacent to an activating group) is 1. The lowest BCUT2D eigenvalue weighted by atomic mass is 9.47. The first-order valence-electron chi connectivity index (χ1n) is 9.04. The average molecular weight is 352 g/mol. The van der Waals surface area contributed by atoms with Gasteiger partial charge in [0.25, 0.3) is 5.91 Å². The molecule has 7 nitrogen and oxygen atoms in total. The summed E-state index contributed by atoms with van der Waals surface area (Å²) < 4.78 is 5.11. The fourth-order valence-electron chi connectivity index (χ4n) is 5.50. The van der Waals surface area contributed by atoms with Crippen molar-refractivity contribution in [3.63, 3.8) is 0 Å². The molecule has 0 radical (unpaired) electrons. The van der Waals surface area contributed by atoms with Gasteiger partial charge in [0.1, 0.15) is 0 Å². The molecule has 0 heterocycles. The number of hydrogen-bond donors (Lipinski definition) is 2. The molecule has 25 heavy (non-hydrogen) atoms. The third-order valence-electron chi connectivity index (χ3n) is 5.97. The lowest BCUT2D eigenvalue weighted by molar-refractivity contribution is -0.177. The minimum absolute atomic E-state index is 0.107. The van der Waals surface area contributed by atoms with Crippen LogP contribution in [-0.2, 0) is 19.1 Å².